The summed E-state index contributed by atoms with van der Waals surface area (Å²) in [6.07, 6.45) is 0. The highest BCUT2D eigenvalue weighted by atomic mass is 35.5. The van der Waals surface area contributed by atoms with Gasteiger partial charge in [0.15, 0.2) is 10.8 Å². The molecule has 0 aliphatic heterocycles. The molecule has 0 bridgehead atoms. The van der Waals surface area contributed by atoms with Gasteiger partial charge in [-0.3, -0.25) is 0 Å². The summed E-state index contributed by atoms with van der Waals surface area (Å²) >= 11 is 7.41. The van der Waals surface area contributed by atoms with Crippen LogP contribution in [0.25, 0.3) is 32.7 Å². The van der Waals surface area contributed by atoms with E-state index in [1.54, 1.807) is 7.11 Å². The van der Waals surface area contributed by atoms with E-state index >= 15 is 0 Å². The highest BCUT2D eigenvalue weighted by Gasteiger charge is 2.13. The van der Waals surface area contributed by atoms with Gasteiger partial charge >= 0.3 is 0 Å². The first-order valence-electron chi connectivity index (χ1n) is 7.57. The predicted molar refractivity (Wildman–Crippen MR) is 100 cm³/mol. The van der Waals surface area contributed by atoms with Crippen LogP contribution in [-0.4, -0.2) is 17.3 Å². The summed E-state index contributed by atoms with van der Waals surface area (Å²) in [5.41, 5.74) is 1.96. The van der Waals surface area contributed by atoms with E-state index in [-0.39, 0.29) is 0 Å². The molecule has 0 atom stereocenters. The molecule has 2 aromatic carbocycles. The number of aromatic nitrogens is 2. The third-order valence-corrected chi connectivity index (χ3v) is 4.95. The lowest BCUT2D eigenvalue weighted by Gasteiger charge is -1.99. The van der Waals surface area contributed by atoms with Crippen molar-refractivity contribution in [2.24, 2.45) is 0 Å². The highest BCUT2D eigenvalue weighted by Crippen LogP contribution is 2.34. The van der Waals surface area contributed by atoms with Gasteiger partial charge in [0.25, 0.3) is 0 Å². The second-order valence-electron chi connectivity index (χ2n) is 5.31. The number of halogens is 1. The quantitative estimate of drug-likeness (QED) is 0.457. The van der Waals surface area contributed by atoms with Gasteiger partial charge in [0.1, 0.15) is 16.5 Å². The van der Waals surface area contributed by atoms with E-state index < -0.39 is 0 Å². The van der Waals surface area contributed by atoms with Crippen LogP contribution in [-0.2, 0) is 0 Å². The topological polar surface area (TPSA) is 48.2 Å². The molecule has 4 rings (SSSR count). The molecule has 0 unspecified atom stereocenters. The summed E-state index contributed by atoms with van der Waals surface area (Å²) in [4.78, 5) is 0. The number of methoxy groups -OCH3 is 1. The largest absolute Gasteiger partial charge is 0.497 e. The molecule has 0 radical (unpaired) electrons. The van der Waals surface area contributed by atoms with Crippen molar-refractivity contribution >= 4 is 22.9 Å². The molecule has 0 aliphatic carbocycles. The van der Waals surface area contributed by atoms with Crippen molar-refractivity contribution in [3.63, 3.8) is 0 Å². The Labute approximate surface area is 153 Å². The first-order valence-corrected chi connectivity index (χ1v) is 8.76. The van der Waals surface area contributed by atoms with Crippen LogP contribution in [0.3, 0.4) is 0 Å². The Morgan fingerprint density at radius 2 is 1.44 bits per heavy atom. The van der Waals surface area contributed by atoms with Crippen molar-refractivity contribution in [3.8, 4) is 38.4 Å². The maximum Gasteiger partial charge on any atom is 0.183 e. The minimum absolute atomic E-state index is 0.696. The Kier molecular flexibility index (Phi) is 4.26. The van der Waals surface area contributed by atoms with Crippen LogP contribution < -0.4 is 4.74 Å². The molecule has 0 spiro atoms. The van der Waals surface area contributed by atoms with Gasteiger partial charge in [-0.15, -0.1) is 10.2 Å². The first-order chi connectivity index (χ1) is 12.2. The van der Waals surface area contributed by atoms with Gasteiger partial charge in [-0.25, -0.2) is 0 Å². The number of nitrogens with zero attached hydrogens (tertiary/aromatic N) is 2. The van der Waals surface area contributed by atoms with Crippen LogP contribution in [0.15, 0.2) is 65.1 Å². The summed E-state index contributed by atoms with van der Waals surface area (Å²) in [5, 5.41) is 10.8. The monoisotopic (exact) mass is 368 g/mol. The third kappa shape index (κ3) is 3.29. The number of ether oxygens (including phenoxy) is 1. The Morgan fingerprint density at radius 3 is 2.16 bits per heavy atom. The maximum absolute atomic E-state index is 5.93. The van der Waals surface area contributed by atoms with E-state index in [1.165, 1.54) is 11.3 Å². The molecule has 2 heterocycles. The van der Waals surface area contributed by atoms with Gasteiger partial charge in [0, 0.05) is 16.1 Å². The Bertz CT molecular complexity index is 991. The average molecular weight is 369 g/mol. The SMILES string of the molecule is COc1ccc(-c2nnc(-c3ccc(-c4ccc(Cl)cc4)o3)s2)cc1. The third-order valence-electron chi connectivity index (χ3n) is 3.71. The molecule has 6 heteroatoms. The van der Waals surface area contributed by atoms with Gasteiger partial charge in [0.2, 0.25) is 0 Å². The number of benzene rings is 2. The van der Waals surface area contributed by atoms with Crippen molar-refractivity contribution in [1.82, 2.24) is 10.2 Å². The van der Waals surface area contributed by atoms with E-state index in [2.05, 4.69) is 10.2 Å². The van der Waals surface area contributed by atoms with E-state index in [9.17, 15) is 0 Å². The van der Waals surface area contributed by atoms with Crippen molar-refractivity contribution in [3.05, 3.63) is 65.7 Å². The van der Waals surface area contributed by atoms with Gasteiger partial charge in [0.05, 0.1) is 7.11 Å². The van der Waals surface area contributed by atoms with Crippen molar-refractivity contribution in [2.75, 3.05) is 7.11 Å². The smallest absolute Gasteiger partial charge is 0.183 e. The first kappa shape index (κ1) is 15.9. The Balaban J connectivity index is 1.60. The van der Waals surface area contributed by atoms with Crippen LogP contribution in [0.5, 0.6) is 5.75 Å². The average Bonchev–Trinajstić information content (AvgIpc) is 3.32. The molecule has 4 aromatic rings. The molecule has 25 heavy (non-hydrogen) atoms. The fraction of sp³-hybridized carbons (Fsp3) is 0.0526. The summed E-state index contributed by atoms with van der Waals surface area (Å²) in [6, 6.07) is 19.1. The maximum atomic E-state index is 5.93. The predicted octanol–water partition coefficient (Wildman–Crippen LogP) is 5.79. The van der Waals surface area contributed by atoms with E-state index in [4.69, 9.17) is 20.8 Å². The molecule has 0 N–H and O–H groups in total. The molecule has 4 nitrogen and oxygen atoms in total. The second-order valence-corrected chi connectivity index (χ2v) is 6.73. The molecule has 0 amide bonds. The Morgan fingerprint density at radius 1 is 0.800 bits per heavy atom. The summed E-state index contributed by atoms with van der Waals surface area (Å²) in [5.74, 6) is 2.28. The zero-order valence-corrected chi connectivity index (χ0v) is 14.8. The Hall–Kier alpha value is -2.63. The van der Waals surface area contributed by atoms with Gasteiger partial charge in [-0.2, -0.15) is 0 Å². The fourth-order valence-electron chi connectivity index (χ4n) is 2.40. The lowest BCUT2D eigenvalue weighted by atomic mass is 10.2. The summed E-state index contributed by atoms with van der Waals surface area (Å²) in [7, 11) is 1.65. The molecule has 2 aromatic heterocycles. The molecule has 0 saturated heterocycles. The zero-order chi connectivity index (χ0) is 17.2. The zero-order valence-electron chi connectivity index (χ0n) is 13.3. The molecular formula is C19H13ClN2O2S. The van der Waals surface area contributed by atoms with E-state index in [1.807, 2.05) is 60.7 Å². The molecule has 0 fully saturated rings. The lowest BCUT2D eigenvalue weighted by molar-refractivity contribution is 0.415. The summed E-state index contributed by atoms with van der Waals surface area (Å²) in [6.45, 7) is 0. The van der Waals surface area contributed by atoms with Gasteiger partial charge < -0.3 is 9.15 Å². The number of furan rings is 1. The van der Waals surface area contributed by atoms with Gasteiger partial charge in [-0.1, -0.05) is 22.9 Å². The lowest BCUT2D eigenvalue weighted by Crippen LogP contribution is -1.82. The van der Waals surface area contributed by atoms with Crippen molar-refractivity contribution in [2.45, 2.75) is 0 Å². The van der Waals surface area contributed by atoms with E-state index in [0.29, 0.717) is 10.8 Å². The molecule has 124 valence electrons. The molecular weight excluding hydrogens is 356 g/mol. The van der Waals surface area contributed by atoms with Crippen LogP contribution in [0, 0.1) is 0 Å². The van der Waals surface area contributed by atoms with Gasteiger partial charge in [-0.05, 0) is 60.7 Å². The summed E-state index contributed by atoms with van der Waals surface area (Å²) < 4.78 is 11.1. The molecule has 0 aliphatic rings. The number of hydrogen-bond acceptors (Lipinski definition) is 5. The van der Waals surface area contributed by atoms with Crippen molar-refractivity contribution < 1.29 is 9.15 Å². The van der Waals surface area contributed by atoms with E-state index in [0.717, 1.165) is 32.7 Å². The normalized spacial score (nSPS) is 10.8. The second kappa shape index (κ2) is 6.70. The van der Waals surface area contributed by atoms with Crippen molar-refractivity contribution in [1.29, 1.82) is 0 Å². The standard InChI is InChI=1S/C19H13ClN2O2S/c1-23-15-8-4-13(5-9-15)18-21-22-19(25-18)17-11-10-16(24-17)12-2-6-14(20)7-3-12/h2-11H,1H3. The highest BCUT2D eigenvalue weighted by molar-refractivity contribution is 7.17. The van der Waals surface area contributed by atoms with Crippen LogP contribution in [0.4, 0.5) is 0 Å². The van der Waals surface area contributed by atoms with Crippen LogP contribution in [0.1, 0.15) is 0 Å². The number of rotatable bonds is 4. The fourth-order valence-corrected chi connectivity index (χ4v) is 3.33. The number of hydrogen-bond donors (Lipinski definition) is 0. The van der Waals surface area contributed by atoms with Crippen LogP contribution in [0.2, 0.25) is 5.02 Å². The minimum atomic E-state index is 0.696. The molecule has 0 saturated carbocycles. The van der Waals surface area contributed by atoms with Crippen LogP contribution >= 0.6 is 22.9 Å². The minimum Gasteiger partial charge on any atom is -0.497 e.